The fourth-order valence-electron chi connectivity index (χ4n) is 3.48. The number of likely N-dealkylation sites (N-methyl/N-ethyl adjacent to an activating group) is 2. The molecular weight excluding hydrogens is 406 g/mol. The lowest BCUT2D eigenvalue weighted by molar-refractivity contribution is -0.888. The SMILES string of the molecule is CC(C)=CCCC(C)=CCCC(C)=Cc1ccc(C(=O)NCC[N+](C)(C)CCN(C)C)cc1. The Kier molecular flexibility index (Phi) is 13.0. The summed E-state index contributed by atoms with van der Waals surface area (Å²) in [4.78, 5) is 14.7. The zero-order chi connectivity index (χ0) is 24.9. The molecule has 1 rings (SSSR count). The molecule has 0 aliphatic carbocycles. The summed E-state index contributed by atoms with van der Waals surface area (Å²) < 4.78 is 0.894. The van der Waals surface area contributed by atoms with Crippen LogP contribution in [0, 0.1) is 0 Å². The lowest BCUT2D eigenvalue weighted by atomic mass is 10.0. The Morgan fingerprint density at radius 1 is 0.909 bits per heavy atom. The Bertz CT molecular complexity index is 810. The van der Waals surface area contributed by atoms with E-state index in [-0.39, 0.29) is 5.91 Å². The molecule has 4 heteroatoms. The molecule has 1 amide bonds. The van der Waals surface area contributed by atoms with Gasteiger partial charge in [0.25, 0.3) is 5.91 Å². The minimum absolute atomic E-state index is 0.00332. The number of hydrogen-bond acceptors (Lipinski definition) is 2. The second kappa shape index (κ2) is 14.9. The summed E-state index contributed by atoms with van der Waals surface area (Å²) in [6.07, 6.45) is 11.3. The van der Waals surface area contributed by atoms with Crippen LogP contribution in [0.25, 0.3) is 6.08 Å². The Morgan fingerprint density at radius 2 is 1.52 bits per heavy atom. The number of rotatable bonds is 14. The number of quaternary nitrogens is 1. The van der Waals surface area contributed by atoms with Crippen molar-refractivity contribution in [2.24, 2.45) is 0 Å². The normalized spacial score (nSPS) is 12.8. The van der Waals surface area contributed by atoms with E-state index in [1.54, 1.807) is 0 Å². The minimum atomic E-state index is 0.00332. The van der Waals surface area contributed by atoms with Gasteiger partial charge in [0.15, 0.2) is 0 Å². The van der Waals surface area contributed by atoms with E-state index >= 15 is 0 Å². The van der Waals surface area contributed by atoms with Crippen LogP contribution < -0.4 is 5.32 Å². The van der Waals surface area contributed by atoms with Gasteiger partial charge in [-0.2, -0.15) is 0 Å². The van der Waals surface area contributed by atoms with Crippen LogP contribution in [-0.2, 0) is 0 Å². The first-order valence-electron chi connectivity index (χ1n) is 12.3. The van der Waals surface area contributed by atoms with Crippen molar-refractivity contribution in [1.82, 2.24) is 10.2 Å². The molecule has 0 spiro atoms. The molecule has 0 aliphatic rings. The van der Waals surface area contributed by atoms with Gasteiger partial charge in [0.1, 0.15) is 0 Å². The van der Waals surface area contributed by atoms with Crippen molar-refractivity contribution in [3.8, 4) is 0 Å². The van der Waals surface area contributed by atoms with Crippen molar-refractivity contribution in [2.45, 2.75) is 53.4 Å². The zero-order valence-corrected chi connectivity index (χ0v) is 22.5. The molecule has 1 aromatic rings. The first-order chi connectivity index (χ1) is 15.5. The molecule has 0 atom stereocenters. The molecule has 0 saturated heterocycles. The molecule has 184 valence electrons. The van der Waals surface area contributed by atoms with Gasteiger partial charge in [-0.15, -0.1) is 0 Å². The fraction of sp³-hybridized carbons (Fsp3) is 0.552. The van der Waals surface area contributed by atoms with Gasteiger partial charge in [0.05, 0.1) is 33.7 Å². The van der Waals surface area contributed by atoms with E-state index in [4.69, 9.17) is 0 Å². The van der Waals surface area contributed by atoms with Crippen molar-refractivity contribution in [3.05, 3.63) is 64.3 Å². The highest BCUT2D eigenvalue weighted by atomic mass is 16.1. The maximum Gasteiger partial charge on any atom is 0.251 e. The second-order valence-electron chi connectivity index (χ2n) is 10.5. The third-order valence-electron chi connectivity index (χ3n) is 5.86. The van der Waals surface area contributed by atoms with Gasteiger partial charge >= 0.3 is 0 Å². The molecule has 0 fully saturated rings. The number of allylic oxidation sites excluding steroid dienone is 5. The second-order valence-corrected chi connectivity index (χ2v) is 10.5. The van der Waals surface area contributed by atoms with Crippen molar-refractivity contribution < 1.29 is 9.28 Å². The van der Waals surface area contributed by atoms with E-state index in [0.717, 1.165) is 60.9 Å². The number of nitrogens with zero attached hydrogens (tertiary/aromatic N) is 2. The minimum Gasteiger partial charge on any atom is -0.346 e. The lowest BCUT2D eigenvalue weighted by Crippen LogP contribution is -2.48. The van der Waals surface area contributed by atoms with E-state index < -0.39 is 0 Å². The largest absolute Gasteiger partial charge is 0.346 e. The number of amides is 1. The average molecular weight is 455 g/mol. The maximum atomic E-state index is 12.5. The van der Waals surface area contributed by atoms with Gasteiger partial charge in [-0.25, -0.2) is 0 Å². The van der Waals surface area contributed by atoms with Gasteiger partial charge in [-0.3, -0.25) is 4.79 Å². The van der Waals surface area contributed by atoms with E-state index in [9.17, 15) is 4.79 Å². The average Bonchev–Trinajstić information content (AvgIpc) is 2.72. The quantitative estimate of drug-likeness (QED) is 0.279. The Balaban J connectivity index is 2.47. The lowest BCUT2D eigenvalue weighted by Gasteiger charge is -2.31. The molecule has 4 nitrogen and oxygen atoms in total. The number of carbonyl (C=O) groups excluding carboxylic acids is 1. The van der Waals surface area contributed by atoms with E-state index in [1.807, 2.05) is 24.3 Å². The molecule has 0 heterocycles. The molecular formula is C29H48N3O+. The smallest absolute Gasteiger partial charge is 0.251 e. The highest BCUT2D eigenvalue weighted by Gasteiger charge is 2.15. The third kappa shape index (κ3) is 13.9. The molecule has 0 aliphatic heterocycles. The number of carbonyl (C=O) groups is 1. The predicted octanol–water partition coefficient (Wildman–Crippen LogP) is 5.93. The number of hydrogen-bond donors (Lipinski definition) is 1. The van der Waals surface area contributed by atoms with Gasteiger partial charge in [0.2, 0.25) is 0 Å². The Hall–Kier alpha value is -2.17. The van der Waals surface area contributed by atoms with Crippen LogP contribution in [0.15, 0.2) is 53.1 Å². The fourth-order valence-corrected chi connectivity index (χ4v) is 3.48. The van der Waals surface area contributed by atoms with Gasteiger partial charge < -0.3 is 14.7 Å². The molecule has 1 aromatic carbocycles. The highest BCUT2D eigenvalue weighted by molar-refractivity contribution is 5.94. The topological polar surface area (TPSA) is 32.3 Å². The summed E-state index contributed by atoms with van der Waals surface area (Å²) in [6.45, 7) is 12.4. The van der Waals surface area contributed by atoms with Crippen LogP contribution in [0.3, 0.4) is 0 Å². The summed E-state index contributed by atoms with van der Waals surface area (Å²) in [7, 11) is 8.60. The van der Waals surface area contributed by atoms with Crippen LogP contribution in [0.1, 0.15) is 69.3 Å². The molecule has 33 heavy (non-hydrogen) atoms. The van der Waals surface area contributed by atoms with Crippen molar-refractivity contribution in [3.63, 3.8) is 0 Å². The van der Waals surface area contributed by atoms with Crippen molar-refractivity contribution in [2.75, 3.05) is 54.4 Å². The Morgan fingerprint density at radius 3 is 2.12 bits per heavy atom. The Labute approximate surface area is 203 Å². The number of benzene rings is 1. The molecule has 1 N–H and O–H groups in total. The van der Waals surface area contributed by atoms with Crippen LogP contribution in [0.4, 0.5) is 0 Å². The van der Waals surface area contributed by atoms with Crippen molar-refractivity contribution >= 4 is 12.0 Å². The summed E-state index contributed by atoms with van der Waals surface area (Å²) in [5.41, 5.74) is 6.09. The van der Waals surface area contributed by atoms with E-state index in [1.165, 1.54) is 16.7 Å². The summed E-state index contributed by atoms with van der Waals surface area (Å²) in [5, 5.41) is 3.07. The number of nitrogens with one attached hydrogen (secondary N) is 1. The molecule has 0 radical (unpaired) electrons. The summed E-state index contributed by atoms with van der Waals surface area (Å²) in [5.74, 6) is 0.00332. The predicted molar refractivity (Wildman–Crippen MR) is 144 cm³/mol. The monoisotopic (exact) mass is 454 g/mol. The van der Waals surface area contributed by atoms with E-state index in [2.05, 4.69) is 84.3 Å². The molecule has 0 bridgehead atoms. The molecule has 0 aromatic heterocycles. The van der Waals surface area contributed by atoms with Gasteiger partial charge in [-0.05, 0) is 85.2 Å². The van der Waals surface area contributed by atoms with Crippen LogP contribution in [0.5, 0.6) is 0 Å². The maximum absolute atomic E-state index is 12.5. The molecule has 0 saturated carbocycles. The standard InChI is InChI=1S/C29H47N3O/c1-24(2)11-9-12-25(3)13-10-14-26(4)23-27-15-17-28(18-16-27)29(33)30-19-21-32(7,8)22-20-31(5)6/h11,13,15-18,23H,9-10,12,14,19-22H2,1-8H3/p+1. The molecule has 0 unspecified atom stereocenters. The van der Waals surface area contributed by atoms with Crippen LogP contribution in [0.2, 0.25) is 0 Å². The highest BCUT2D eigenvalue weighted by Crippen LogP contribution is 2.15. The zero-order valence-electron chi connectivity index (χ0n) is 22.5. The summed E-state index contributed by atoms with van der Waals surface area (Å²) in [6, 6.07) is 7.92. The van der Waals surface area contributed by atoms with Gasteiger partial charge in [0, 0.05) is 12.1 Å². The summed E-state index contributed by atoms with van der Waals surface area (Å²) >= 11 is 0. The third-order valence-corrected chi connectivity index (χ3v) is 5.86. The first kappa shape index (κ1) is 28.9. The van der Waals surface area contributed by atoms with E-state index in [0.29, 0.717) is 6.54 Å². The van der Waals surface area contributed by atoms with Crippen LogP contribution >= 0.6 is 0 Å². The first-order valence-corrected chi connectivity index (χ1v) is 12.3. The van der Waals surface area contributed by atoms with Crippen LogP contribution in [-0.4, -0.2) is 69.7 Å². The van der Waals surface area contributed by atoms with Gasteiger partial charge in [-0.1, -0.05) is 47.1 Å². The van der Waals surface area contributed by atoms with Crippen molar-refractivity contribution in [1.29, 1.82) is 0 Å².